The van der Waals surface area contributed by atoms with Crippen molar-refractivity contribution in [3.63, 3.8) is 0 Å². The maximum Gasteiger partial charge on any atom is 0.313 e. The van der Waals surface area contributed by atoms with Gasteiger partial charge in [0.25, 0.3) is 0 Å². The minimum Gasteiger partial charge on any atom is -0.496 e. The van der Waals surface area contributed by atoms with Crippen molar-refractivity contribution in [2.24, 2.45) is 0 Å². The molecule has 1 heterocycles. The van der Waals surface area contributed by atoms with E-state index in [1.165, 1.54) is 5.06 Å². The maximum absolute atomic E-state index is 12.4. The Balaban J connectivity index is 2.00. The Labute approximate surface area is 142 Å². The van der Waals surface area contributed by atoms with E-state index in [-0.39, 0.29) is 4.90 Å². The highest BCUT2D eigenvalue weighted by Gasteiger charge is 2.25. The molecule has 1 aliphatic heterocycles. The highest BCUT2D eigenvalue weighted by atomic mass is 32.2. The summed E-state index contributed by atoms with van der Waals surface area (Å²) in [5.41, 5.74) is 3.78. The van der Waals surface area contributed by atoms with Crippen molar-refractivity contribution >= 4 is 10.1 Å². The van der Waals surface area contributed by atoms with Gasteiger partial charge in [0.2, 0.25) is 0 Å². The van der Waals surface area contributed by atoms with E-state index in [0.717, 1.165) is 34.4 Å². The second-order valence-electron chi connectivity index (χ2n) is 5.97. The van der Waals surface area contributed by atoms with Crippen LogP contribution < -0.4 is 4.74 Å². The Morgan fingerprint density at radius 2 is 1.71 bits per heavy atom. The molecule has 5 nitrogen and oxygen atoms in total. The molecule has 2 aromatic carbocycles. The zero-order valence-corrected chi connectivity index (χ0v) is 14.9. The molecule has 0 atom stereocenters. The van der Waals surface area contributed by atoms with Crippen LogP contribution in [0.3, 0.4) is 0 Å². The summed E-state index contributed by atoms with van der Waals surface area (Å²) in [4.78, 5) is 0.162. The smallest absolute Gasteiger partial charge is 0.313 e. The molecule has 128 valence electrons. The van der Waals surface area contributed by atoms with Crippen LogP contribution >= 0.6 is 0 Å². The molecule has 0 bridgehead atoms. The molecular formula is C18H21NO4S. The molecule has 1 fully saturated rings. The number of rotatable bonds is 5. The van der Waals surface area contributed by atoms with Gasteiger partial charge in [-0.1, -0.05) is 18.2 Å². The number of hydrogen-bond acceptors (Lipinski definition) is 5. The van der Waals surface area contributed by atoms with Gasteiger partial charge in [-0.3, -0.25) is 0 Å². The minimum absolute atomic E-state index is 0.162. The molecule has 0 saturated carbocycles. The maximum atomic E-state index is 12.4. The summed E-state index contributed by atoms with van der Waals surface area (Å²) in [6.45, 7) is 5.21. The molecule has 0 amide bonds. The van der Waals surface area contributed by atoms with Gasteiger partial charge in [-0.15, -0.1) is 0 Å². The molecule has 3 rings (SSSR count). The van der Waals surface area contributed by atoms with Gasteiger partial charge in [0, 0.05) is 13.1 Å². The van der Waals surface area contributed by atoms with Crippen LogP contribution in [0.4, 0.5) is 0 Å². The van der Waals surface area contributed by atoms with E-state index in [1.807, 2.05) is 32.0 Å². The number of hydroxylamine groups is 2. The van der Waals surface area contributed by atoms with Crippen molar-refractivity contribution in [1.82, 2.24) is 5.06 Å². The third kappa shape index (κ3) is 3.31. The van der Waals surface area contributed by atoms with Crippen LogP contribution in [-0.4, -0.2) is 33.7 Å². The van der Waals surface area contributed by atoms with Crippen molar-refractivity contribution in [3.05, 3.63) is 47.5 Å². The predicted molar refractivity (Wildman–Crippen MR) is 92.4 cm³/mol. The van der Waals surface area contributed by atoms with Gasteiger partial charge in [0.1, 0.15) is 5.75 Å². The topological polar surface area (TPSA) is 55.8 Å². The molecule has 0 spiro atoms. The van der Waals surface area contributed by atoms with E-state index < -0.39 is 10.1 Å². The Kier molecular flexibility index (Phi) is 4.62. The number of methoxy groups -OCH3 is 1. The summed E-state index contributed by atoms with van der Waals surface area (Å²) in [5, 5.41) is 1.46. The average molecular weight is 347 g/mol. The molecule has 24 heavy (non-hydrogen) atoms. The Hall–Kier alpha value is -1.89. The van der Waals surface area contributed by atoms with Crippen LogP contribution in [0.15, 0.2) is 41.3 Å². The molecule has 2 aromatic rings. The molecule has 1 aliphatic rings. The Morgan fingerprint density at radius 1 is 1.00 bits per heavy atom. The fourth-order valence-electron chi connectivity index (χ4n) is 2.60. The molecule has 0 aliphatic carbocycles. The van der Waals surface area contributed by atoms with Crippen molar-refractivity contribution < 1.29 is 17.4 Å². The lowest BCUT2D eigenvalue weighted by Crippen LogP contribution is -2.38. The van der Waals surface area contributed by atoms with Crippen molar-refractivity contribution in [1.29, 1.82) is 0 Å². The molecule has 1 saturated heterocycles. The van der Waals surface area contributed by atoms with Gasteiger partial charge in [0.05, 0.1) is 12.0 Å². The predicted octanol–water partition coefficient (Wildman–Crippen LogP) is 3.31. The van der Waals surface area contributed by atoms with Crippen LogP contribution in [0.25, 0.3) is 11.1 Å². The molecule has 0 unspecified atom stereocenters. The quantitative estimate of drug-likeness (QED) is 0.830. The van der Waals surface area contributed by atoms with E-state index in [0.29, 0.717) is 13.1 Å². The number of benzene rings is 2. The summed E-state index contributed by atoms with van der Waals surface area (Å²) < 4.78 is 35.3. The summed E-state index contributed by atoms with van der Waals surface area (Å²) in [6.07, 6.45) is 0.956. The van der Waals surface area contributed by atoms with Crippen LogP contribution in [0, 0.1) is 13.8 Å². The number of ether oxygens (including phenoxy) is 1. The first-order valence-electron chi connectivity index (χ1n) is 7.86. The van der Waals surface area contributed by atoms with Crippen LogP contribution in [0.2, 0.25) is 0 Å². The molecule has 0 N–H and O–H groups in total. The zero-order chi connectivity index (χ0) is 17.3. The van der Waals surface area contributed by atoms with E-state index in [2.05, 4.69) is 0 Å². The van der Waals surface area contributed by atoms with E-state index in [9.17, 15) is 8.42 Å². The van der Waals surface area contributed by atoms with Gasteiger partial charge in [0.15, 0.2) is 0 Å². The molecule has 0 aromatic heterocycles. The molecule has 0 radical (unpaired) electrons. The monoisotopic (exact) mass is 347 g/mol. The van der Waals surface area contributed by atoms with E-state index in [4.69, 9.17) is 9.02 Å². The van der Waals surface area contributed by atoms with E-state index >= 15 is 0 Å². The summed E-state index contributed by atoms with van der Waals surface area (Å²) in [7, 11) is -2.17. The van der Waals surface area contributed by atoms with Gasteiger partial charge in [-0.05, 0) is 60.7 Å². The molecule has 6 heteroatoms. The first-order valence-corrected chi connectivity index (χ1v) is 9.27. The zero-order valence-electron chi connectivity index (χ0n) is 14.1. The second kappa shape index (κ2) is 6.55. The van der Waals surface area contributed by atoms with Crippen molar-refractivity contribution in [2.75, 3.05) is 20.2 Å². The Bertz CT molecular complexity index is 857. The summed E-state index contributed by atoms with van der Waals surface area (Å²) >= 11 is 0. The van der Waals surface area contributed by atoms with Gasteiger partial charge in [-0.25, -0.2) is 0 Å². The standard InChI is InChI=1S/C18H21NO4S/c1-13-6-8-16(24(20,21)23-19-9-4-10-19)12-17(13)15-7-5-14(2)18(11-15)22-3/h5-8,11-12H,4,9-10H2,1-3H3. The van der Waals surface area contributed by atoms with Gasteiger partial charge >= 0.3 is 10.1 Å². The number of aryl methyl sites for hydroxylation is 2. The van der Waals surface area contributed by atoms with Gasteiger partial charge in [-0.2, -0.15) is 17.8 Å². The molecular weight excluding hydrogens is 326 g/mol. The highest BCUT2D eigenvalue weighted by molar-refractivity contribution is 7.86. The third-order valence-electron chi connectivity index (χ3n) is 4.24. The largest absolute Gasteiger partial charge is 0.496 e. The number of nitrogens with zero attached hydrogens (tertiary/aromatic N) is 1. The van der Waals surface area contributed by atoms with Crippen molar-refractivity contribution in [3.8, 4) is 16.9 Å². The SMILES string of the molecule is COc1cc(-c2cc(S(=O)(=O)ON3CCC3)ccc2C)ccc1C. The Morgan fingerprint density at radius 3 is 2.33 bits per heavy atom. The first kappa shape index (κ1) is 17.0. The summed E-state index contributed by atoms with van der Waals surface area (Å²) in [6, 6.07) is 10.9. The van der Waals surface area contributed by atoms with Crippen LogP contribution in [-0.2, 0) is 14.4 Å². The van der Waals surface area contributed by atoms with Gasteiger partial charge < -0.3 is 4.74 Å². The lowest BCUT2D eigenvalue weighted by Gasteiger charge is -2.28. The number of hydrogen-bond donors (Lipinski definition) is 0. The van der Waals surface area contributed by atoms with Crippen LogP contribution in [0.5, 0.6) is 5.75 Å². The lowest BCUT2D eigenvalue weighted by molar-refractivity contribution is -0.101. The van der Waals surface area contributed by atoms with Crippen molar-refractivity contribution in [2.45, 2.75) is 25.2 Å². The normalized spacial score (nSPS) is 15.1. The van der Waals surface area contributed by atoms with Crippen LogP contribution in [0.1, 0.15) is 17.5 Å². The highest BCUT2D eigenvalue weighted by Crippen LogP contribution is 2.31. The average Bonchev–Trinajstić information content (AvgIpc) is 2.52. The third-order valence-corrected chi connectivity index (χ3v) is 5.47. The minimum atomic E-state index is -3.80. The fourth-order valence-corrected chi connectivity index (χ4v) is 3.61. The first-order chi connectivity index (χ1) is 11.4. The fraction of sp³-hybridized carbons (Fsp3) is 0.333. The lowest BCUT2D eigenvalue weighted by atomic mass is 9.99. The summed E-state index contributed by atoms with van der Waals surface area (Å²) in [5.74, 6) is 0.775. The second-order valence-corrected chi connectivity index (χ2v) is 7.50. The van der Waals surface area contributed by atoms with E-state index in [1.54, 1.807) is 25.3 Å².